The van der Waals surface area contributed by atoms with Gasteiger partial charge in [0.15, 0.2) is 0 Å². The van der Waals surface area contributed by atoms with Gasteiger partial charge in [0.25, 0.3) is 5.91 Å². The predicted molar refractivity (Wildman–Crippen MR) is 155 cm³/mol. The van der Waals surface area contributed by atoms with E-state index in [1.807, 2.05) is 31.2 Å². The summed E-state index contributed by atoms with van der Waals surface area (Å²) in [5.74, 6) is -1.32. The second-order valence-corrected chi connectivity index (χ2v) is 10.0. The summed E-state index contributed by atoms with van der Waals surface area (Å²) in [6.07, 6.45) is 6.72. The minimum absolute atomic E-state index is 0.0553. The lowest BCUT2D eigenvalue weighted by Crippen LogP contribution is -2.34. The number of anilines is 2. The molecule has 0 saturated heterocycles. The van der Waals surface area contributed by atoms with Crippen molar-refractivity contribution in [3.63, 3.8) is 0 Å². The van der Waals surface area contributed by atoms with Crippen LogP contribution in [0, 0.1) is 6.92 Å². The summed E-state index contributed by atoms with van der Waals surface area (Å²) >= 11 is 6.27. The van der Waals surface area contributed by atoms with Crippen molar-refractivity contribution >= 4 is 46.5 Å². The summed E-state index contributed by atoms with van der Waals surface area (Å²) in [6.45, 7) is 2.23. The molecule has 1 aliphatic rings. The number of aryl methyl sites for hydroxylation is 1. The van der Waals surface area contributed by atoms with Gasteiger partial charge < -0.3 is 15.7 Å². The molecule has 0 spiro atoms. The maximum absolute atomic E-state index is 13.5. The van der Waals surface area contributed by atoms with E-state index in [0.29, 0.717) is 16.3 Å². The molecule has 8 heteroatoms. The number of halogens is 1. The fraction of sp³-hybridized carbons (Fsp3) is 0.258. The zero-order chi connectivity index (χ0) is 27.8. The molecular formula is C31H32ClN3O4. The van der Waals surface area contributed by atoms with Gasteiger partial charge in [-0.15, -0.1) is 0 Å². The summed E-state index contributed by atoms with van der Waals surface area (Å²) in [5, 5.41) is 14.9. The van der Waals surface area contributed by atoms with Crippen LogP contribution in [0.1, 0.15) is 59.2 Å². The third kappa shape index (κ3) is 7.71. The van der Waals surface area contributed by atoms with E-state index in [0.717, 1.165) is 29.7 Å². The zero-order valence-corrected chi connectivity index (χ0v) is 22.6. The highest BCUT2D eigenvalue weighted by atomic mass is 35.5. The van der Waals surface area contributed by atoms with Gasteiger partial charge >= 0.3 is 12.0 Å². The fourth-order valence-electron chi connectivity index (χ4n) is 4.43. The minimum Gasteiger partial charge on any atom is -0.481 e. The third-order valence-corrected chi connectivity index (χ3v) is 7.10. The number of benzene rings is 3. The Balaban J connectivity index is 1.54. The Morgan fingerprint density at radius 3 is 2.36 bits per heavy atom. The monoisotopic (exact) mass is 545 g/mol. The van der Waals surface area contributed by atoms with Crippen molar-refractivity contribution < 1.29 is 19.5 Å². The number of hydrogen-bond donors (Lipinski definition) is 3. The van der Waals surface area contributed by atoms with Crippen LogP contribution >= 0.6 is 11.6 Å². The van der Waals surface area contributed by atoms with Crippen LogP contribution in [0.3, 0.4) is 0 Å². The SMILES string of the molecule is Cc1ccc(NC(=O)N(Cc2ccc(C(=O)NCCC(=O)O)cc2)c2ccc(C3=CCCCC3)cc2)cc1Cl. The number of amides is 3. The molecule has 0 unspecified atom stereocenters. The third-order valence-electron chi connectivity index (χ3n) is 6.69. The van der Waals surface area contributed by atoms with E-state index in [1.54, 1.807) is 35.2 Å². The Bertz CT molecular complexity index is 1370. The number of carbonyl (C=O) groups excluding carboxylic acids is 2. The summed E-state index contributed by atoms with van der Waals surface area (Å²) in [4.78, 5) is 38.1. The standard InChI is InChI=1S/C31H32ClN3O4/c1-21-7-14-26(19-28(21)32)34-31(39)35(27-15-12-24(13-16-27)23-5-3-2-4-6-23)20-22-8-10-25(11-9-22)30(38)33-18-17-29(36)37/h5,7-16,19H,2-4,6,17-18,20H2,1H3,(H,33,38)(H,34,39)(H,36,37). The molecule has 39 heavy (non-hydrogen) atoms. The maximum Gasteiger partial charge on any atom is 0.326 e. The quantitative estimate of drug-likeness (QED) is 0.268. The Morgan fingerprint density at radius 1 is 0.974 bits per heavy atom. The van der Waals surface area contributed by atoms with Gasteiger partial charge in [-0.2, -0.15) is 0 Å². The molecule has 3 aromatic rings. The number of nitrogens with one attached hydrogen (secondary N) is 2. The highest BCUT2D eigenvalue weighted by Gasteiger charge is 2.18. The molecule has 202 valence electrons. The number of carbonyl (C=O) groups is 3. The second kappa shape index (κ2) is 13.1. The lowest BCUT2D eigenvalue weighted by atomic mass is 9.93. The molecule has 0 bridgehead atoms. The molecule has 4 rings (SSSR count). The van der Waals surface area contributed by atoms with E-state index >= 15 is 0 Å². The van der Waals surface area contributed by atoms with Crippen molar-refractivity contribution in [2.24, 2.45) is 0 Å². The number of urea groups is 1. The number of carboxylic acid groups (broad SMARTS) is 1. The van der Waals surface area contributed by atoms with E-state index < -0.39 is 5.97 Å². The first-order valence-corrected chi connectivity index (χ1v) is 13.4. The highest BCUT2D eigenvalue weighted by molar-refractivity contribution is 6.31. The van der Waals surface area contributed by atoms with E-state index in [1.165, 1.54) is 24.0 Å². The Hall–Kier alpha value is -4.10. The molecule has 3 aromatic carbocycles. The van der Waals surface area contributed by atoms with Crippen LogP contribution in [0.2, 0.25) is 5.02 Å². The van der Waals surface area contributed by atoms with E-state index in [2.05, 4.69) is 28.8 Å². The Morgan fingerprint density at radius 2 is 1.72 bits per heavy atom. The van der Waals surface area contributed by atoms with Crippen LogP contribution < -0.4 is 15.5 Å². The smallest absolute Gasteiger partial charge is 0.326 e. The van der Waals surface area contributed by atoms with Crippen molar-refractivity contribution in [3.05, 3.63) is 100 Å². The second-order valence-electron chi connectivity index (χ2n) is 9.60. The Kier molecular flexibility index (Phi) is 9.39. The molecule has 7 nitrogen and oxygen atoms in total. The molecule has 0 radical (unpaired) electrons. The summed E-state index contributed by atoms with van der Waals surface area (Å²) < 4.78 is 0. The first kappa shape index (κ1) is 27.9. The van der Waals surface area contributed by atoms with Crippen LogP contribution in [0.4, 0.5) is 16.2 Å². The number of nitrogens with zero attached hydrogens (tertiary/aromatic N) is 1. The molecule has 0 aliphatic heterocycles. The van der Waals surface area contributed by atoms with Gasteiger partial charge in [0.05, 0.1) is 13.0 Å². The van der Waals surface area contributed by atoms with Crippen LogP contribution in [0.15, 0.2) is 72.8 Å². The number of aliphatic carboxylic acids is 1. The topological polar surface area (TPSA) is 98.7 Å². The first-order chi connectivity index (χ1) is 18.8. The zero-order valence-electron chi connectivity index (χ0n) is 21.9. The number of rotatable bonds is 9. The van der Waals surface area contributed by atoms with Gasteiger partial charge in [0.1, 0.15) is 0 Å². The lowest BCUT2D eigenvalue weighted by molar-refractivity contribution is -0.136. The first-order valence-electron chi connectivity index (χ1n) is 13.0. The van der Waals surface area contributed by atoms with Gasteiger partial charge in [-0.1, -0.05) is 48.0 Å². The van der Waals surface area contributed by atoms with Crippen LogP contribution in [-0.2, 0) is 11.3 Å². The summed E-state index contributed by atoms with van der Waals surface area (Å²) in [7, 11) is 0. The number of allylic oxidation sites excluding steroid dienone is 2. The van der Waals surface area contributed by atoms with E-state index in [4.69, 9.17) is 16.7 Å². The summed E-state index contributed by atoms with van der Waals surface area (Å²) in [6, 6.07) is 20.0. The van der Waals surface area contributed by atoms with Gasteiger partial charge in [0, 0.05) is 28.5 Å². The number of carboxylic acids is 1. The van der Waals surface area contributed by atoms with Gasteiger partial charge in [-0.05, 0) is 91.3 Å². The van der Waals surface area contributed by atoms with Gasteiger partial charge in [-0.25, -0.2) is 4.79 Å². The van der Waals surface area contributed by atoms with Crippen molar-refractivity contribution in [2.45, 2.75) is 45.6 Å². The fourth-order valence-corrected chi connectivity index (χ4v) is 4.61. The van der Waals surface area contributed by atoms with Crippen molar-refractivity contribution in [3.8, 4) is 0 Å². The average Bonchev–Trinajstić information content (AvgIpc) is 2.94. The maximum atomic E-state index is 13.5. The highest BCUT2D eigenvalue weighted by Crippen LogP contribution is 2.29. The molecule has 3 N–H and O–H groups in total. The molecular weight excluding hydrogens is 514 g/mol. The van der Waals surface area contributed by atoms with Gasteiger partial charge in [0.2, 0.25) is 0 Å². The van der Waals surface area contributed by atoms with E-state index in [-0.39, 0.29) is 31.4 Å². The van der Waals surface area contributed by atoms with E-state index in [9.17, 15) is 14.4 Å². The molecule has 0 fully saturated rings. The predicted octanol–water partition coefficient (Wildman–Crippen LogP) is 7.05. The van der Waals surface area contributed by atoms with Crippen LogP contribution in [-0.4, -0.2) is 29.6 Å². The normalized spacial score (nSPS) is 12.8. The van der Waals surface area contributed by atoms with Gasteiger partial charge in [-0.3, -0.25) is 14.5 Å². The van der Waals surface area contributed by atoms with Crippen LogP contribution in [0.25, 0.3) is 5.57 Å². The molecule has 0 aromatic heterocycles. The van der Waals surface area contributed by atoms with Crippen molar-refractivity contribution in [2.75, 3.05) is 16.8 Å². The molecule has 0 saturated carbocycles. The summed E-state index contributed by atoms with van der Waals surface area (Å²) in [5.41, 5.74) is 6.01. The largest absolute Gasteiger partial charge is 0.481 e. The minimum atomic E-state index is -0.972. The van der Waals surface area contributed by atoms with Crippen molar-refractivity contribution in [1.82, 2.24) is 5.32 Å². The number of hydrogen-bond acceptors (Lipinski definition) is 3. The average molecular weight is 546 g/mol. The molecule has 3 amide bonds. The molecule has 1 aliphatic carbocycles. The van der Waals surface area contributed by atoms with Crippen LogP contribution in [0.5, 0.6) is 0 Å². The van der Waals surface area contributed by atoms with Crippen molar-refractivity contribution in [1.29, 1.82) is 0 Å². The Labute approximate surface area is 233 Å². The lowest BCUT2D eigenvalue weighted by Gasteiger charge is -2.24. The molecule has 0 heterocycles. The molecule has 0 atom stereocenters.